The molecule has 0 saturated heterocycles. The third-order valence-corrected chi connectivity index (χ3v) is 20.5. The van der Waals surface area contributed by atoms with Gasteiger partial charge in [0.15, 0.2) is 8.32 Å². The predicted octanol–water partition coefficient (Wildman–Crippen LogP) is 8.38. The lowest BCUT2D eigenvalue weighted by atomic mass is 10.0. The number of ether oxygens (including phenoxy) is 1. The highest BCUT2D eigenvalue weighted by Gasteiger charge is 2.52. The van der Waals surface area contributed by atoms with Crippen molar-refractivity contribution < 1.29 is 23.5 Å². The maximum atomic E-state index is 11.4. The van der Waals surface area contributed by atoms with E-state index in [1.54, 1.807) is 0 Å². The molecule has 1 unspecified atom stereocenters. The van der Waals surface area contributed by atoms with Gasteiger partial charge < -0.3 is 18.7 Å². The van der Waals surface area contributed by atoms with E-state index in [1.807, 2.05) is 0 Å². The van der Waals surface area contributed by atoms with E-state index in [-0.39, 0.29) is 12.0 Å². The normalized spacial score (nSPS) is 22.6. The van der Waals surface area contributed by atoms with Gasteiger partial charge in [0.05, 0.1) is 6.10 Å². The van der Waals surface area contributed by atoms with Crippen molar-refractivity contribution in [1.29, 1.82) is 0 Å². The summed E-state index contributed by atoms with van der Waals surface area (Å²) in [7, 11) is -4.24. The molecule has 1 saturated carbocycles. The van der Waals surface area contributed by atoms with Crippen LogP contribution in [0.25, 0.3) is 0 Å². The van der Waals surface area contributed by atoms with Gasteiger partial charge in [-0.05, 0) is 38.8 Å². The summed E-state index contributed by atoms with van der Waals surface area (Å²) in [6.45, 7) is 32.2. The molecule has 0 aliphatic heterocycles. The van der Waals surface area contributed by atoms with Crippen molar-refractivity contribution in [3.8, 4) is 0 Å². The van der Waals surface area contributed by atoms with E-state index in [0.29, 0.717) is 46.3 Å². The zero-order chi connectivity index (χ0) is 25.9. The minimum Gasteiger partial charge on any atom is -0.450 e. The SMILES string of the molecule is C=C1C(OC(=O)O)C[C@H](O[Si](C(C)C)(C(C)C)C(C)C)[C@H]1CO[Si](C(C)C)(C(C)C)C(C)C. The van der Waals surface area contributed by atoms with E-state index in [4.69, 9.17) is 13.6 Å². The van der Waals surface area contributed by atoms with Crippen LogP contribution in [0.15, 0.2) is 12.2 Å². The van der Waals surface area contributed by atoms with E-state index in [9.17, 15) is 9.90 Å². The van der Waals surface area contributed by atoms with Gasteiger partial charge in [0.2, 0.25) is 8.32 Å². The third kappa shape index (κ3) is 6.14. The Kier molecular flexibility index (Phi) is 10.9. The predicted molar refractivity (Wildman–Crippen MR) is 143 cm³/mol. The largest absolute Gasteiger partial charge is 0.506 e. The van der Waals surface area contributed by atoms with E-state index < -0.39 is 28.9 Å². The highest BCUT2D eigenvalue weighted by Crippen LogP contribution is 2.48. The minimum absolute atomic E-state index is 0.0550. The molecule has 0 bridgehead atoms. The van der Waals surface area contributed by atoms with Crippen LogP contribution in [-0.2, 0) is 13.6 Å². The molecule has 0 aromatic carbocycles. The molecule has 7 heteroatoms. The number of carbonyl (C=O) groups is 1. The quantitative estimate of drug-likeness (QED) is 0.166. The average Bonchev–Trinajstić information content (AvgIpc) is 2.92. The second-order valence-corrected chi connectivity index (χ2v) is 22.8. The van der Waals surface area contributed by atoms with Gasteiger partial charge in [0.1, 0.15) is 6.10 Å². The average molecular weight is 501 g/mol. The van der Waals surface area contributed by atoms with Gasteiger partial charge in [0, 0.05) is 18.9 Å². The lowest BCUT2D eigenvalue weighted by molar-refractivity contribution is 0.0565. The Morgan fingerprint density at radius 2 is 1.24 bits per heavy atom. The number of rotatable bonds is 12. The molecule has 1 rings (SSSR count). The van der Waals surface area contributed by atoms with E-state index in [2.05, 4.69) is 89.7 Å². The summed E-state index contributed by atoms with van der Waals surface area (Å²) >= 11 is 0. The molecule has 33 heavy (non-hydrogen) atoms. The van der Waals surface area contributed by atoms with Crippen LogP contribution < -0.4 is 0 Å². The van der Waals surface area contributed by atoms with Crippen LogP contribution in [-0.4, -0.2) is 46.7 Å². The Morgan fingerprint density at radius 1 is 0.848 bits per heavy atom. The van der Waals surface area contributed by atoms with Gasteiger partial charge in [0.25, 0.3) is 0 Å². The fraction of sp³-hybridized carbons (Fsp3) is 0.885. The molecule has 0 spiro atoms. The maximum Gasteiger partial charge on any atom is 0.506 e. The van der Waals surface area contributed by atoms with Gasteiger partial charge in [-0.25, -0.2) is 4.79 Å². The highest BCUT2D eigenvalue weighted by molar-refractivity contribution is 6.78. The maximum absolute atomic E-state index is 11.4. The van der Waals surface area contributed by atoms with E-state index >= 15 is 0 Å². The number of hydrogen-bond donors (Lipinski definition) is 1. The fourth-order valence-corrected chi connectivity index (χ4v) is 18.1. The van der Waals surface area contributed by atoms with Crippen molar-refractivity contribution >= 4 is 22.8 Å². The summed E-state index contributed by atoms with van der Waals surface area (Å²) < 4.78 is 19.4. The Morgan fingerprint density at radius 3 is 1.58 bits per heavy atom. The van der Waals surface area contributed by atoms with Gasteiger partial charge in [-0.3, -0.25) is 0 Å². The Balaban J connectivity index is 3.37. The molecular weight excluding hydrogens is 448 g/mol. The van der Waals surface area contributed by atoms with Crippen molar-refractivity contribution in [2.45, 2.75) is 135 Å². The molecule has 3 atom stereocenters. The highest BCUT2D eigenvalue weighted by atomic mass is 28.4. The Hall–Kier alpha value is -0.636. The van der Waals surface area contributed by atoms with Crippen molar-refractivity contribution in [3.05, 3.63) is 12.2 Å². The topological polar surface area (TPSA) is 65.0 Å². The molecule has 0 heterocycles. The lowest BCUT2D eigenvalue weighted by Crippen LogP contribution is -2.52. The molecule has 0 amide bonds. The third-order valence-electron chi connectivity index (χ3n) is 8.31. The second-order valence-electron chi connectivity index (χ2n) is 11.9. The van der Waals surface area contributed by atoms with Crippen molar-refractivity contribution in [2.24, 2.45) is 5.92 Å². The molecule has 1 N–H and O–H groups in total. The van der Waals surface area contributed by atoms with Crippen LogP contribution >= 0.6 is 0 Å². The summed E-state index contributed by atoms with van der Waals surface area (Å²) in [5, 5.41) is 9.32. The summed E-state index contributed by atoms with van der Waals surface area (Å²) in [4.78, 5) is 11.4. The molecule has 194 valence electrons. The molecule has 0 radical (unpaired) electrons. The standard InChI is InChI=1S/C26H52O5Si2/c1-16(2)32(17(3)4,18(5)6)29-15-23-22(13)24(30-26(27)28)14-25(23)31-33(19(7)8,20(9)10)21(11)12/h16-21,23-25H,13-15H2,1-12H3,(H,27,28)/t23-,24?,25-/m0/s1. The number of carboxylic acid groups (broad SMARTS) is 1. The van der Waals surface area contributed by atoms with Crippen LogP contribution in [0.2, 0.25) is 33.2 Å². The molecule has 1 fully saturated rings. The van der Waals surface area contributed by atoms with Crippen LogP contribution in [0.4, 0.5) is 4.79 Å². The first-order valence-electron chi connectivity index (χ1n) is 12.9. The Labute approximate surface area is 205 Å². The van der Waals surface area contributed by atoms with Gasteiger partial charge in [-0.1, -0.05) is 89.7 Å². The van der Waals surface area contributed by atoms with Crippen molar-refractivity contribution in [1.82, 2.24) is 0 Å². The van der Waals surface area contributed by atoms with Gasteiger partial charge in [-0.15, -0.1) is 0 Å². The van der Waals surface area contributed by atoms with Crippen molar-refractivity contribution in [3.63, 3.8) is 0 Å². The van der Waals surface area contributed by atoms with Crippen molar-refractivity contribution in [2.75, 3.05) is 6.61 Å². The summed E-state index contributed by atoms with van der Waals surface area (Å²) in [6, 6.07) is 0. The monoisotopic (exact) mass is 500 g/mol. The zero-order valence-electron chi connectivity index (χ0n) is 23.4. The molecule has 0 aromatic rings. The Bertz CT molecular complexity index is 614. The van der Waals surface area contributed by atoms with Crippen LogP contribution in [0.5, 0.6) is 0 Å². The van der Waals surface area contributed by atoms with Gasteiger partial charge >= 0.3 is 6.16 Å². The molecule has 0 aromatic heterocycles. The first-order chi connectivity index (χ1) is 15.0. The van der Waals surface area contributed by atoms with E-state index in [1.165, 1.54) is 0 Å². The smallest absolute Gasteiger partial charge is 0.450 e. The van der Waals surface area contributed by atoms with Crippen LogP contribution in [0.1, 0.15) is 89.5 Å². The fourth-order valence-electron chi connectivity index (χ4n) is 7.00. The lowest BCUT2D eigenvalue weighted by Gasteiger charge is -2.46. The second kappa shape index (κ2) is 11.9. The zero-order valence-corrected chi connectivity index (χ0v) is 25.4. The molecule has 1 aliphatic carbocycles. The molecule has 5 nitrogen and oxygen atoms in total. The minimum atomic E-state index is -2.16. The summed E-state index contributed by atoms with van der Waals surface area (Å²) in [5.74, 6) is -0.0550. The molecular formula is C26H52O5Si2. The summed E-state index contributed by atoms with van der Waals surface area (Å²) in [6.07, 6.45) is -1.39. The van der Waals surface area contributed by atoms with Crippen LogP contribution in [0.3, 0.4) is 0 Å². The van der Waals surface area contributed by atoms with Crippen LogP contribution in [0, 0.1) is 5.92 Å². The number of hydrogen-bond acceptors (Lipinski definition) is 4. The first-order valence-corrected chi connectivity index (χ1v) is 17.2. The molecule has 1 aliphatic rings. The van der Waals surface area contributed by atoms with E-state index in [0.717, 1.165) is 5.57 Å². The first kappa shape index (κ1) is 30.4. The summed E-state index contributed by atoms with van der Waals surface area (Å²) in [5.41, 5.74) is 3.58. The van der Waals surface area contributed by atoms with Gasteiger partial charge in [-0.2, -0.15) is 0 Å².